The zero-order valence-electron chi connectivity index (χ0n) is 47.4. The van der Waals surface area contributed by atoms with Crippen LogP contribution in [0.4, 0.5) is 5.69 Å². The molecule has 0 amide bonds. The molecule has 0 aliphatic rings. The smallest absolute Gasteiger partial charge is 0.187 e. The first-order chi connectivity index (χ1) is 43.7. The summed E-state index contributed by atoms with van der Waals surface area (Å²) in [4.78, 5) is 4.25. The van der Waals surface area contributed by atoms with Gasteiger partial charge in [0.2, 0.25) is 0 Å². The quantitative estimate of drug-likeness (QED) is 0.143. The van der Waals surface area contributed by atoms with Crippen molar-refractivity contribution < 1.29 is 0 Å². The Morgan fingerprint density at radius 1 is 0.216 bits per heavy atom. The monoisotopic (exact) mass is 1120 g/mol. The first-order valence-corrected chi connectivity index (χ1v) is 30.0. The minimum atomic E-state index is 0.548. The summed E-state index contributed by atoms with van der Waals surface area (Å²) in [6.45, 7) is 8.81. The van der Waals surface area contributed by atoms with E-state index in [-0.39, 0.29) is 0 Å². The molecule has 0 saturated carbocycles. The summed E-state index contributed by atoms with van der Waals surface area (Å²) in [5.74, 6) is 0. The Labute approximate surface area is 504 Å². The zero-order valence-corrected chi connectivity index (χ0v) is 47.4. The predicted octanol–water partition coefficient (Wildman–Crippen LogP) is 21.3. The van der Waals surface area contributed by atoms with Gasteiger partial charge >= 0.3 is 0 Å². The highest BCUT2D eigenvalue weighted by molar-refractivity contribution is 6.23. The molecule has 19 aromatic rings. The van der Waals surface area contributed by atoms with Crippen molar-refractivity contribution >= 4 is 126 Å². The Kier molecular flexibility index (Phi) is 10.1. The maximum absolute atomic E-state index is 8.81. The number of nitrogens with zero attached hydrogens (tertiary/aromatic N) is 7. The molecule has 0 atom stereocenters. The van der Waals surface area contributed by atoms with E-state index in [1.165, 1.54) is 0 Å². The van der Waals surface area contributed by atoms with Crippen LogP contribution >= 0.6 is 0 Å². The molecule has 408 valence electrons. The van der Waals surface area contributed by atoms with E-state index in [9.17, 15) is 0 Å². The van der Waals surface area contributed by atoms with Crippen molar-refractivity contribution in [3.05, 3.63) is 309 Å². The summed E-state index contributed by atoms with van der Waals surface area (Å²) in [6, 6.07) is 109. The molecule has 6 heterocycles. The third-order valence-electron chi connectivity index (χ3n) is 18.6. The molecule has 0 spiro atoms. The highest BCUT2D eigenvalue weighted by Gasteiger charge is 2.37. The lowest BCUT2D eigenvalue weighted by Crippen LogP contribution is -2.18. The molecule has 6 aromatic heterocycles. The first kappa shape index (κ1) is 48.3. The molecule has 7 nitrogen and oxygen atoms in total. The molecular weight excluding hydrogens is 1070 g/mol. The fourth-order valence-electron chi connectivity index (χ4n) is 15.2. The van der Waals surface area contributed by atoms with Gasteiger partial charge in [-0.1, -0.05) is 218 Å². The number of hydrogen-bond donors (Lipinski definition) is 0. The molecule has 0 unspecified atom stereocenters. The van der Waals surface area contributed by atoms with Crippen LogP contribution in [0.25, 0.3) is 170 Å². The fourth-order valence-corrected chi connectivity index (χ4v) is 15.2. The van der Waals surface area contributed by atoms with Crippen LogP contribution in [0.3, 0.4) is 0 Å². The summed E-state index contributed by atoms with van der Waals surface area (Å²) >= 11 is 0. The highest BCUT2D eigenvalue weighted by Crippen LogP contribution is 2.55. The van der Waals surface area contributed by atoms with E-state index < -0.39 is 0 Å². The van der Waals surface area contributed by atoms with Crippen LogP contribution < -0.4 is 0 Å². The minimum Gasteiger partial charge on any atom is -0.307 e. The Balaban J connectivity index is 1.23. The van der Waals surface area contributed by atoms with Gasteiger partial charge < -0.3 is 27.4 Å². The summed E-state index contributed by atoms with van der Waals surface area (Å²) in [7, 11) is 0. The van der Waals surface area contributed by atoms with Gasteiger partial charge in [0.25, 0.3) is 0 Å². The van der Waals surface area contributed by atoms with E-state index in [4.69, 9.17) is 6.57 Å². The topological polar surface area (TPSA) is 33.9 Å². The largest absolute Gasteiger partial charge is 0.307 e. The molecule has 0 saturated heterocycles. The van der Waals surface area contributed by atoms with Gasteiger partial charge in [-0.05, 0) is 84.4 Å². The molecule has 0 fully saturated rings. The normalized spacial score (nSPS) is 12.1. The minimum absolute atomic E-state index is 0.548. The molecule has 0 bridgehead atoms. The van der Waals surface area contributed by atoms with Crippen molar-refractivity contribution in [2.75, 3.05) is 0 Å². The van der Waals surface area contributed by atoms with E-state index in [1.807, 2.05) is 6.07 Å². The lowest BCUT2D eigenvalue weighted by Gasteiger charge is -2.32. The van der Waals surface area contributed by atoms with Gasteiger partial charge in [-0.15, -0.1) is 0 Å². The van der Waals surface area contributed by atoms with Crippen LogP contribution in [0.2, 0.25) is 0 Å². The Morgan fingerprint density at radius 2 is 0.477 bits per heavy atom. The number of fused-ring (bicyclic) bond motifs is 17. The van der Waals surface area contributed by atoms with E-state index in [2.05, 4.69) is 323 Å². The molecule has 7 heteroatoms. The van der Waals surface area contributed by atoms with Crippen molar-refractivity contribution in [1.29, 1.82) is 0 Å². The van der Waals surface area contributed by atoms with Gasteiger partial charge in [0, 0.05) is 65.1 Å². The van der Waals surface area contributed by atoms with Crippen LogP contribution in [0, 0.1) is 6.57 Å². The van der Waals surface area contributed by atoms with E-state index in [0.29, 0.717) is 5.69 Å². The summed E-state index contributed by atoms with van der Waals surface area (Å²) < 4.78 is 15.4. The molecular formula is C81H49N7. The van der Waals surface area contributed by atoms with Crippen molar-refractivity contribution in [2.45, 2.75) is 0 Å². The van der Waals surface area contributed by atoms with Crippen LogP contribution in [0.5, 0.6) is 0 Å². The first-order valence-electron chi connectivity index (χ1n) is 30.0. The molecule has 0 aliphatic carbocycles. The standard InChI is InChI=1S/C81H49N7/c1-82-52-27-25-26-51(50-52)74-77(84-64-40-15-5-30-54(64)55-31-6-16-41-65(55)84)79(86-68-44-19-9-34-58(68)59-35-10-20-45-69(59)86)81(88-73-49-24-14-39-63(73)75-76(88)62-38-13-23-48-72(62)83(75)53-28-3-2-4-29-53)80(87-70-46-21-11-36-60(70)61-37-12-22-47-71(61)87)78(74)85-66-42-17-7-32-56(66)57-33-8-18-43-67(57)85/h2-50H. The fraction of sp³-hybridized carbons (Fsp3) is 0. The lowest BCUT2D eigenvalue weighted by molar-refractivity contribution is 1.00. The van der Waals surface area contributed by atoms with Crippen LogP contribution in [0.15, 0.2) is 297 Å². The summed E-state index contributed by atoms with van der Waals surface area (Å²) in [5, 5.41) is 11.3. The molecule has 0 N–H and O–H groups in total. The number of hydrogen-bond acceptors (Lipinski definition) is 0. The summed E-state index contributed by atoms with van der Waals surface area (Å²) in [5.41, 5.74) is 21.1. The second kappa shape index (κ2) is 18.4. The molecule has 0 aliphatic heterocycles. The molecule has 13 aromatic carbocycles. The summed E-state index contributed by atoms with van der Waals surface area (Å²) in [6.07, 6.45) is 0. The second-order valence-corrected chi connectivity index (χ2v) is 23.0. The van der Waals surface area contributed by atoms with Gasteiger partial charge in [-0.25, -0.2) is 4.85 Å². The number of benzene rings is 13. The average molecular weight is 1120 g/mol. The predicted molar refractivity (Wildman–Crippen MR) is 367 cm³/mol. The Bertz CT molecular complexity index is 5730. The highest BCUT2D eigenvalue weighted by atomic mass is 15.2. The third kappa shape index (κ3) is 6.49. The molecule has 19 rings (SSSR count). The van der Waals surface area contributed by atoms with E-state index in [0.717, 1.165) is 165 Å². The van der Waals surface area contributed by atoms with E-state index in [1.54, 1.807) is 0 Å². The number of rotatable bonds is 7. The van der Waals surface area contributed by atoms with Crippen molar-refractivity contribution in [3.63, 3.8) is 0 Å². The molecule has 0 radical (unpaired) electrons. The second-order valence-electron chi connectivity index (χ2n) is 23.0. The van der Waals surface area contributed by atoms with Gasteiger partial charge in [0.15, 0.2) is 5.69 Å². The Morgan fingerprint density at radius 3 is 0.818 bits per heavy atom. The van der Waals surface area contributed by atoms with Crippen LogP contribution in [0.1, 0.15) is 0 Å². The lowest BCUT2D eigenvalue weighted by atomic mass is 9.94. The third-order valence-corrected chi connectivity index (χ3v) is 18.6. The van der Waals surface area contributed by atoms with Gasteiger partial charge in [-0.3, -0.25) is 0 Å². The van der Waals surface area contributed by atoms with Crippen LogP contribution in [-0.2, 0) is 0 Å². The van der Waals surface area contributed by atoms with Crippen molar-refractivity contribution in [1.82, 2.24) is 27.4 Å². The SMILES string of the molecule is [C-]#[N+]c1cccc(-c2c(-n3c4ccccc4c4ccccc43)c(-n3c4ccccc4c4ccccc43)c(-n3c4ccccc4c4c3c3ccccc3n4-c3ccccc3)c(-n3c4ccccc4c4ccccc43)c2-n2c3ccccc3c3ccccc32)c1. The van der Waals surface area contributed by atoms with E-state index >= 15 is 0 Å². The average Bonchev–Trinajstić information content (AvgIpc) is 1.44. The van der Waals surface area contributed by atoms with Gasteiger partial charge in [-0.2, -0.15) is 0 Å². The van der Waals surface area contributed by atoms with Crippen molar-refractivity contribution in [2.24, 2.45) is 0 Å². The van der Waals surface area contributed by atoms with Crippen molar-refractivity contribution in [3.8, 4) is 45.3 Å². The molecule has 88 heavy (non-hydrogen) atoms. The number of aromatic nitrogens is 6. The zero-order chi connectivity index (χ0) is 57.7. The number of para-hydroxylation sites is 11. The van der Waals surface area contributed by atoms with Crippen LogP contribution in [-0.4, -0.2) is 27.4 Å². The van der Waals surface area contributed by atoms with Gasteiger partial charge in [0.1, 0.15) is 0 Å². The maximum Gasteiger partial charge on any atom is 0.187 e. The maximum atomic E-state index is 8.81. The van der Waals surface area contributed by atoms with Gasteiger partial charge in [0.05, 0.1) is 101 Å². The Hall–Kier alpha value is -12.1.